The van der Waals surface area contributed by atoms with E-state index in [0.29, 0.717) is 17.1 Å². The lowest BCUT2D eigenvalue weighted by molar-refractivity contribution is -0.139. The first kappa shape index (κ1) is 21.6. The molecule has 2 aliphatic carbocycles. The fourth-order valence-corrected chi connectivity index (χ4v) is 5.94. The largest absolute Gasteiger partial charge is 0.497 e. The van der Waals surface area contributed by atoms with Gasteiger partial charge in [0.2, 0.25) is 17.7 Å². The zero-order valence-electron chi connectivity index (χ0n) is 19.1. The van der Waals surface area contributed by atoms with Crippen LogP contribution >= 0.6 is 0 Å². The molecule has 6 rings (SSSR count). The first-order valence-electron chi connectivity index (χ1n) is 11.8. The van der Waals surface area contributed by atoms with Gasteiger partial charge in [0.1, 0.15) is 11.5 Å². The lowest BCUT2D eigenvalue weighted by Gasteiger charge is -2.18. The van der Waals surface area contributed by atoms with E-state index in [1.165, 1.54) is 4.90 Å². The Morgan fingerprint density at radius 1 is 0.886 bits per heavy atom. The Kier molecular flexibility index (Phi) is 4.98. The molecule has 8 nitrogen and oxygen atoms in total. The van der Waals surface area contributed by atoms with Gasteiger partial charge in [-0.2, -0.15) is 0 Å². The van der Waals surface area contributed by atoms with Gasteiger partial charge in [-0.3, -0.25) is 19.2 Å². The van der Waals surface area contributed by atoms with Gasteiger partial charge < -0.3 is 14.4 Å². The molecule has 35 heavy (non-hydrogen) atoms. The molecule has 0 spiro atoms. The monoisotopic (exact) mass is 472 g/mol. The standard InChI is InChI=1S/C27H24N2O6/c1-34-20-6-2-4-18(12-20)28-14-17(11-22(28)30)27(33)35-21-7-3-5-19(13-21)29-25(31)23-15-8-9-16(10-15)24(23)26(29)32/h2-9,12-13,15-17,23-24H,10-11,14H2,1H3/t15-,16+,17-,23+,24+/m1/s1. The van der Waals surface area contributed by atoms with Gasteiger partial charge in [0.15, 0.2) is 0 Å². The quantitative estimate of drug-likeness (QED) is 0.288. The number of allylic oxidation sites excluding steroid dienone is 2. The van der Waals surface area contributed by atoms with Gasteiger partial charge in [0.25, 0.3) is 0 Å². The molecule has 8 heteroatoms. The first-order chi connectivity index (χ1) is 16.9. The van der Waals surface area contributed by atoms with Crippen molar-refractivity contribution < 1.29 is 28.7 Å². The lowest BCUT2D eigenvalue weighted by Crippen LogP contribution is -2.32. The minimum atomic E-state index is -0.631. The minimum Gasteiger partial charge on any atom is -0.497 e. The SMILES string of the molecule is COc1cccc(N2C[C@H](C(=O)Oc3cccc(N4C(=O)[C@@H]5[C@@H](C4=O)[C@H]4C=C[C@@H]5C4)c3)CC2=O)c1. The molecule has 0 unspecified atom stereocenters. The van der Waals surface area contributed by atoms with E-state index in [-0.39, 0.29) is 60.1 Å². The number of methoxy groups -OCH3 is 1. The molecular formula is C27H24N2O6. The summed E-state index contributed by atoms with van der Waals surface area (Å²) in [6.07, 6.45) is 5.01. The maximum absolute atomic E-state index is 13.1. The van der Waals surface area contributed by atoms with Crippen LogP contribution in [0.4, 0.5) is 11.4 Å². The predicted octanol–water partition coefficient (Wildman–Crippen LogP) is 2.97. The van der Waals surface area contributed by atoms with Gasteiger partial charge in [-0.05, 0) is 42.5 Å². The van der Waals surface area contributed by atoms with Crippen molar-refractivity contribution in [1.82, 2.24) is 0 Å². The van der Waals surface area contributed by atoms with Gasteiger partial charge in [-0.25, -0.2) is 4.90 Å². The summed E-state index contributed by atoms with van der Waals surface area (Å²) < 4.78 is 10.8. The van der Waals surface area contributed by atoms with Crippen molar-refractivity contribution >= 4 is 35.1 Å². The molecule has 0 aromatic heterocycles. The summed E-state index contributed by atoms with van der Waals surface area (Å²) in [4.78, 5) is 54.5. The molecule has 2 heterocycles. The van der Waals surface area contributed by atoms with Crippen LogP contribution in [-0.2, 0) is 19.2 Å². The second kappa shape index (κ2) is 8.08. The Hall–Kier alpha value is -3.94. The van der Waals surface area contributed by atoms with E-state index in [9.17, 15) is 19.2 Å². The Labute approximate surface area is 202 Å². The molecule has 3 amide bonds. The van der Waals surface area contributed by atoms with Crippen LogP contribution in [0.2, 0.25) is 0 Å². The number of nitrogens with zero attached hydrogens (tertiary/aromatic N) is 2. The number of anilines is 2. The van der Waals surface area contributed by atoms with Crippen LogP contribution in [0.5, 0.6) is 11.5 Å². The molecule has 2 aliphatic heterocycles. The van der Waals surface area contributed by atoms with E-state index in [0.717, 1.165) is 6.42 Å². The fraction of sp³-hybridized carbons (Fsp3) is 0.333. The molecule has 2 aromatic rings. The van der Waals surface area contributed by atoms with E-state index in [1.807, 2.05) is 0 Å². The third-order valence-electron chi connectivity index (χ3n) is 7.59. The van der Waals surface area contributed by atoms with Crippen LogP contribution in [0, 0.1) is 29.6 Å². The average Bonchev–Trinajstić information content (AvgIpc) is 3.63. The van der Waals surface area contributed by atoms with Gasteiger partial charge in [-0.15, -0.1) is 0 Å². The van der Waals surface area contributed by atoms with Gasteiger partial charge in [0.05, 0.1) is 30.6 Å². The van der Waals surface area contributed by atoms with Crippen molar-refractivity contribution in [2.45, 2.75) is 12.8 Å². The highest BCUT2D eigenvalue weighted by molar-refractivity contribution is 6.22. The summed E-state index contributed by atoms with van der Waals surface area (Å²) in [6, 6.07) is 13.6. The van der Waals surface area contributed by atoms with Crippen molar-refractivity contribution in [3.63, 3.8) is 0 Å². The highest BCUT2D eigenvalue weighted by atomic mass is 16.5. The number of esters is 1. The van der Waals surface area contributed by atoms with E-state index in [4.69, 9.17) is 9.47 Å². The number of benzene rings is 2. The molecule has 1 saturated carbocycles. The van der Waals surface area contributed by atoms with E-state index in [1.54, 1.807) is 60.5 Å². The molecule has 0 radical (unpaired) electrons. The lowest BCUT2D eigenvalue weighted by atomic mass is 9.85. The average molecular weight is 472 g/mol. The summed E-state index contributed by atoms with van der Waals surface area (Å²) in [7, 11) is 1.55. The van der Waals surface area contributed by atoms with Crippen LogP contribution in [-0.4, -0.2) is 37.3 Å². The number of imide groups is 1. The van der Waals surface area contributed by atoms with E-state index < -0.39 is 11.9 Å². The number of fused-ring (bicyclic) bond motifs is 5. The second-order valence-corrected chi connectivity index (χ2v) is 9.54. The zero-order chi connectivity index (χ0) is 24.3. The zero-order valence-corrected chi connectivity index (χ0v) is 19.1. The van der Waals surface area contributed by atoms with E-state index in [2.05, 4.69) is 12.2 Å². The Morgan fingerprint density at radius 3 is 2.20 bits per heavy atom. The number of hydrogen-bond acceptors (Lipinski definition) is 6. The highest BCUT2D eigenvalue weighted by Gasteiger charge is 2.59. The Balaban J connectivity index is 1.16. The predicted molar refractivity (Wildman–Crippen MR) is 126 cm³/mol. The summed E-state index contributed by atoms with van der Waals surface area (Å²) >= 11 is 0. The molecular weight excluding hydrogens is 448 g/mol. The molecule has 2 saturated heterocycles. The smallest absolute Gasteiger partial charge is 0.316 e. The maximum Gasteiger partial charge on any atom is 0.316 e. The molecule has 2 aromatic carbocycles. The topological polar surface area (TPSA) is 93.2 Å². The third kappa shape index (κ3) is 3.43. The summed E-state index contributed by atoms with van der Waals surface area (Å²) in [5, 5.41) is 0. The van der Waals surface area contributed by atoms with Crippen molar-refractivity contribution in [2.75, 3.05) is 23.5 Å². The van der Waals surface area contributed by atoms with Gasteiger partial charge in [0, 0.05) is 30.8 Å². The normalized spacial score (nSPS) is 28.7. The molecule has 2 bridgehead atoms. The molecule has 0 N–H and O–H groups in total. The third-order valence-corrected chi connectivity index (χ3v) is 7.59. The number of ether oxygens (including phenoxy) is 2. The summed E-state index contributed by atoms with van der Waals surface area (Å²) in [5.74, 6) is -1.18. The van der Waals surface area contributed by atoms with Crippen LogP contribution in [0.3, 0.4) is 0 Å². The van der Waals surface area contributed by atoms with Gasteiger partial charge >= 0.3 is 5.97 Å². The minimum absolute atomic E-state index is 0.0397. The Morgan fingerprint density at radius 2 is 1.51 bits per heavy atom. The number of rotatable bonds is 5. The highest BCUT2D eigenvalue weighted by Crippen LogP contribution is 2.53. The second-order valence-electron chi connectivity index (χ2n) is 9.54. The number of carbonyl (C=O) groups is 4. The molecule has 3 fully saturated rings. The number of carbonyl (C=O) groups excluding carboxylic acids is 4. The van der Waals surface area contributed by atoms with Crippen molar-refractivity contribution in [3.05, 3.63) is 60.7 Å². The molecule has 178 valence electrons. The van der Waals surface area contributed by atoms with Crippen LogP contribution in [0.1, 0.15) is 12.8 Å². The van der Waals surface area contributed by atoms with Crippen molar-refractivity contribution in [3.8, 4) is 11.5 Å². The van der Waals surface area contributed by atoms with Crippen LogP contribution < -0.4 is 19.3 Å². The summed E-state index contributed by atoms with van der Waals surface area (Å²) in [6.45, 7) is 0.201. The van der Waals surface area contributed by atoms with Crippen molar-refractivity contribution in [1.29, 1.82) is 0 Å². The van der Waals surface area contributed by atoms with Crippen molar-refractivity contribution in [2.24, 2.45) is 29.6 Å². The fourth-order valence-electron chi connectivity index (χ4n) is 5.94. The maximum atomic E-state index is 13.1. The first-order valence-corrected chi connectivity index (χ1v) is 11.8. The van der Waals surface area contributed by atoms with Crippen LogP contribution in [0.25, 0.3) is 0 Å². The molecule has 5 atom stereocenters. The molecule has 4 aliphatic rings. The van der Waals surface area contributed by atoms with Crippen LogP contribution in [0.15, 0.2) is 60.7 Å². The van der Waals surface area contributed by atoms with E-state index >= 15 is 0 Å². The number of amides is 3. The summed E-state index contributed by atoms with van der Waals surface area (Å²) in [5.41, 5.74) is 1.06. The van der Waals surface area contributed by atoms with Gasteiger partial charge in [-0.1, -0.05) is 24.3 Å². The number of hydrogen-bond donors (Lipinski definition) is 0. The Bertz CT molecular complexity index is 1260.